The molecule has 0 aliphatic carbocycles. The third kappa shape index (κ3) is 2.75. The van der Waals surface area contributed by atoms with Gasteiger partial charge in [0.25, 0.3) is 5.91 Å². The summed E-state index contributed by atoms with van der Waals surface area (Å²) in [5, 5.41) is 12.4. The number of aromatic hydroxyl groups is 1. The van der Waals surface area contributed by atoms with Gasteiger partial charge in [0.05, 0.1) is 5.56 Å². The van der Waals surface area contributed by atoms with E-state index in [1.807, 2.05) is 0 Å². The lowest BCUT2D eigenvalue weighted by Crippen LogP contribution is -2.43. The van der Waals surface area contributed by atoms with Crippen molar-refractivity contribution in [3.05, 3.63) is 29.1 Å². The van der Waals surface area contributed by atoms with Crippen molar-refractivity contribution in [3.63, 3.8) is 0 Å². The fourth-order valence-corrected chi connectivity index (χ4v) is 3.14. The van der Waals surface area contributed by atoms with Crippen LogP contribution in [0.5, 0.6) is 5.75 Å². The van der Waals surface area contributed by atoms with Crippen molar-refractivity contribution < 1.29 is 23.1 Å². The maximum Gasteiger partial charge on any atom is 0.257 e. The summed E-state index contributed by atoms with van der Waals surface area (Å²) in [7, 11) is 0. The molecule has 0 radical (unpaired) electrons. The fourth-order valence-electron chi connectivity index (χ4n) is 3.14. The van der Waals surface area contributed by atoms with E-state index in [0.29, 0.717) is 31.0 Å². The van der Waals surface area contributed by atoms with E-state index in [9.17, 15) is 23.1 Å². The van der Waals surface area contributed by atoms with Crippen LogP contribution in [-0.4, -0.2) is 42.1 Å². The topological polar surface area (TPSA) is 52.6 Å². The van der Waals surface area contributed by atoms with Crippen molar-refractivity contribution >= 4 is 18.3 Å². The zero-order valence-electron chi connectivity index (χ0n) is 11.6. The zero-order chi connectivity index (χ0) is 15.1. The standard InChI is InChI=1S/C14H15F3N2O2.ClH/c15-10-3-9(11(16)13(20)12(10)17)14(21)19-2-1-7-4-18-5-8(7)6-19;/h3,7-8,18,20H,1-2,4-6H2;1H. The number of nitrogens with zero attached hydrogens (tertiary/aromatic N) is 1. The van der Waals surface area contributed by atoms with Gasteiger partial charge in [0.2, 0.25) is 5.82 Å². The van der Waals surface area contributed by atoms with Gasteiger partial charge in [-0.1, -0.05) is 0 Å². The van der Waals surface area contributed by atoms with Crippen molar-refractivity contribution in [3.8, 4) is 5.75 Å². The maximum atomic E-state index is 13.8. The van der Waals surface area contributed by atoms with E-state index in [0.717, 1.165) is 19.5 Å². The molecular weight excluding hydrogens is 321 g/mol. The van der Waals surface area contributed by atoms with Crippen LogP contribution in [0.15, 0.2) is 6.07 Å². The number of amides is 1. The third-order valence-electron chi connectivity index (χ3n) is 4.36. The van der Waals surface area contributed by atoms with Gasteiger partial charge in [-0.15, -0.1) is 12.4 Å². The fraction of sp³-hybridized carbons (Fsp3) is 0.500. The molecule has 2 aliphatic heterocycles. The molecule has 1 amide bonds. The summed E-state index contributed by atoms with van der Waals surface area (Å²) in [6, 6.07) is 0.506. The molecule has 1 aromatic rings. The molecule has 2 atom stereocenters. The largest absolute Gasteiger partial charge is 0.503 e. The molecule has 2 saturated heterocycles. The van der Waals surface area contributed by atoms with Crippen LogP contribution >= 0.6 is 12.4 Å². The molecule has 0 spiro atoms. The van der Waals surface area contributed by atoms with Crippen molar-refractivity contribution in [1.29, 1.82) is 0 Å². The Labute approximate surface area is 131 Å². The van der Waals surface area contributed by atoms with Gasteiger partial charge in [0.1, 0.15) is 0 Å². The van der Waals surface area contributed by atoms with E-state index in [1.54, 1.807) is 0 Å². The normalized spacial score (nSPS) is 23.9. The number of benzene rings is 1. The summed E-state index contributed by atoms with van der Waals surface area (Å²) in [6.45, 7) is 2.60. The van der Waals surface area contributed by atoms with Crippen LogP contribution in [0.4, 0.5) is 13.2 Å². The van der Waals surface area contributed by atoms with E-state index in [1.165, 1.54) is 4.90 Å². The summed E-state index contributed by atoms with van der Waals surface area (Å²) in [5.41, 5.74) is -0.629. The number of fused-ring (bicyclic) bond motifs is 1. The van der Waals surface area contributed by atoms with E-state index >= 15 is 0 Å². The monoisotopic (exact) mass is 336 g/mol. The molecule has 2 unspecified atom stereocenters. The number of phenolic OH excluding ortho intramolecular Hbond substituents is 1. The minimum Gasteiger partial charge on any atom is -0.503 e. The van der Waals surface area contributed by atoms with Crippen molar-refractivity contribution in [1.82, 2.24) is 10.2 Å². The molecule has 4 nitrogen and oxygen atoms in total. The number of piperidine rings is 1. The molecule has 0 bridgehead atoms. The van der Waals surface area contributed by atoms with Gasteiger partial charge in [0, 0.05) is 13.1 Å². The quantitative estimate of drug-likeness (QED) is 0.770. The molecule has 0 saturated carbocycles. The summed E-state index contributed by atoms with van der Waals surface area (Å²) < 4.78 is 40.1. The highest BCUT2D eigenvalue weighted by atomic mass is 35.5. The average Bonchev–Trinajstić information content (AvgIpc) is 2.95. The molecule has 0 aromatic heterocycles. The second kappa shape index (κ2) is 6.34. The first kappa shape index (κ1) is 16.9. The van der Waals surface area contributed by atoms with Crippen molar-refractivity contribution in [2.45, 2.75) is 6.42 Å². The van der Waals surface area contributed by atoms with Gasteiger partial charge >= 0.3 is 0 Å². The number of carbonyl (C=O) groups is 1. The smallest absolute Gasteiger partial charge is 0.257 e. The number of halogens is 4. The Bertz CT molecular complexity index is 600. The molecule has 8 heteroatoms. The maximum absolute atomic E-state index is 13.8. The molecule has 22 heavy (non-hydrogen) atoms. The van der Waals surface area contributed by atoms with Crippen molar-refractivity contribution in [2.75, 3.05) is 26.2 Å². The molecule has 3 rings (SSSR count). The first-order valence-corrected chi connectivity index (χ1v) is 6.85. The number of hydrogen-bond donors (Lipinski definition) is 2. The molecule has 2 fully saturated rings. The highest BCUT2D eigenvalue weighted by molar-refractivity contribution is 5.95. The van der Waals surface area contributed by atoms with Crippen molar-refractivity contribution in [2.24, 2.45) is 11.8 Å². The van der Waals surface area contributed by atoms with Gasteiger partial charge in [-0.2, -0.15) is 4.39 Å². The first-order valence-electron chi connectivity index (χ1n) is 6.85. The number of phenols is 1. The van der Waals surface area contributed by atoms with Crippen LogP contribution in [0.3, 0.4) is 0 Å². The van der Waals surface area contributed by atoms with Gasteiger partial charge in [-0.25, -0.2) is 8.78 Å². The van der Waals surface area contributed by atoms with Gasteiger partial charge in [-0.3, -0.25) is 4.79 Å². The average molecular weight is 337 g/mol. The summed E-state index contributed by atoms with van der Waals surface area (Å²) in [4.78, 5) is 13.7. The Kier molecular flexibility index (Phi) is 4.87. The number of nitrogens with one attached hydrogen (secondary N) is 1. The predicted octanol–water partition coefficient (Wildman–Crippen LogP) is 1.91. The highest BCUT2D eigenvalue weighted by Gasteiger charge is 2.36. The van der Waals surface area contributed by atoms with Crippen LogP contribution in [0.25, 0.3) is 0 Å². The van der Waals surface area contributed by atoms with E-state index in [2.05, 4.69) is 5.32 Å². The van der Waals surface area contributed by atoms with E-state index < -0.39 is 34.7 Å². The summed E-state index contributed by atoms with van der Waals surface area (Å²) in [6.07, 6.45) is 0.792. The molecular formula is C14H16ClF3N2O2. The molecule has 2 heterocycles. The van der Waals surface area contributed by atoms with Crippen LogP contribution in [0, 0.1) is 29.3 Å². The summed E-state index contributed by atoms with van der Waals surface area (Å²) >= 11 is 0. The van der Waals surface area contributed by atoms with Crippen LogP contribution in [0.2, 0.25) is 0 Å². The zero-order valence-corrected chi connectivity index (χ0v) is 12.4. The van der Waals surface area contributed by atoms with Crippen LogP contribution < -0.4 is 5.32 Å². The summed E-state index contributed by atoms with van der Waals surface area (Å²) in [5.74, 6) is -5.90. The van der Waals surface area contributed by atoms with Gasteiger partial charge < -0.3 is 15.3 Å². The second-order valence-corrected chi connectivity index (χ2v) is 5.60. The Hall–Kier alpha value is -1.47. The van der Waals surface area contributed by atoms with Gasteiger partial charge in [0.15, 0.2) is 17.4 Å². The number of likely N-dealkylation sites (tertiary alicyclic amines) is 1. The Morgan fingerprint density at radius 3 is 2.64 bits per heavy atom. The Morgan fingerprint density at radius 1 is 1.23 bits per heavy atom. The number of rotatable bonds is 1. The lowest BCUT2D eigenvalue weighted by molar-refractivity contribution is 0.0636. The Morgan fingerprint density at radius 2 is 1.91 bits per heavy atom. The molecule has 1 aromatic carbocycles. The third-order valence-corrected chi connectivity index (χ3v) is 4.36. The highest BCUT2D eigenvalue weighted by Crippen LogP contribution is 2.30. The lowest BCUT2D eigenvalue weighted by Gasteiger charge is -2.34. The minimum absolute atomic E-state index is 0. The lowest BCUT2D eigenvalue weighted by atomic mass is 9.88. The minimum atomic E-state index is -1.68. The van der Waals surface area contributed by atoms with Crippen LogP contribution in [-0.2, 0) is 0 Å². The van der Waals surface area contributed by atoms with E-state index in [-0.39, 0.29) is 12.4 Å². The number of carbonyl (C=O) groups excluding carboxylic acids is 1. The van der Waals surface area contributed by atoms with E-state index in [4.69, 9.17) is 0 Å². The van der Waals surface area contributed by atoms with Crippen LogP contribution in [0.1, 0.15) is 16.8 Å². The Balaban J connectivity index is 0.00000176. The predicted molar refractivity (Wildman–Crippen MR) is 75.6 cm³/mol. The molecule has 122 valence electrons. The SMILES string of the molecule is Cl.O=C(c1cc(F)c(F)c(O)c1F)N1CCC2CNCC2C1. The molecule has 2 aliphatic rings. The molecule has 2 N–H and O–H groups in total. The number of hydrogen-bond acceptors (Lipinski definition) is 3. The second-order valence-electron chi connectivity index (χ2n) is 5.60. The first-order chi connectivity index (χ1) is 9.99. The van der Waals surface area contributed by atoms with Gasteiger partial charge in [-0.05, 0) is 37.4 Å².